The number of aliphatic hydroxyl groups is 1. The molecule has 0 radical (unpaired) electrons. The number of nitrogens with zero attached hydrogens (tertiary/aromatic N) is 1. The highest BCUT2D eigenvalue weighted by Crippen LogP contribution is 2.12. The fourth-order valence-corrected chi connectivity index (χ4v) is 1.95. The number of carbonyl (C=O) groups excluding carboxylic acids is 1. The molecule has 0 saturated carbocycles. The van der Waals surface area contributed by atoms with Crippen molar-refractivity contribution in [2.75, 3.05) is 12.9 Å². The molecule has 1 amide bonds. The Morgan fingerprint density at radius 2 is 2.44 bits per heavy atom. The Bertz CT molecular complexity index is 350. The monoisotopic (exact) mass is 244 g/mol. The normalized spacial score (nSPS) is 14.5. The van der Waals surface area contributed by atoms with Crippen LogP contribution in [0.3, 0.4) is 0 Å². The predicted molar refractivity (Wildman–Crippen MR) is 62.6 cm³/mol. The van der Waals surface area contributed by atoms with Gasteiger partial charge in [-0.3, -0.25) is 4.79 Å². The predicted octanol–water partition coefficient (Wildman–Crippen LogP) is 0.825. The van der Waals surface area contributed by atoms with Crippen LogP contribution in [0.25, 0.3) is 0 Å². The topological polar surface area (TPSA) is 75.4 Å². The van der Waals surface area contributed by atoms with Crippen LogP contribution < -0.4 is 5.32 Å². The molecule has 2 N–H and O–H groups in total. The van der Waals surface area contributed by atoms with Crippen LogP contribution in [0.2, 0.25) is 0 Å². The molecule has 1 aromatic heterocycles. The summed E-state index contributed by atoms with van der Waals surface area (Å²) in [5.41, 5.74) is 0.564. The summed E-state index contributed by atoms with van der Waals surface area (Å²) in [6.45, 7) is 3.58. The Morgan fingerprint density at radius 1 is 1.75 bits per heavy atom. The quantitative estimate of drug-likeness (QED) is 0.802. The van der Waals surface area contributed by atoms with Crippen LogP contribution in [0.5, 0.6) is 0 Å². The SMILES string of the molecule is CSC(CO)C(C)NC(=O)c1ocnc1C. The van der Waals surface area contributed by atoms with E-state index in [1.165, 1.54) is 18.2 Å². The summed E-state index contributed by atoms with van der Waals surface area (Å²) in [5.74, 6) is -0.0698. The molecule has 16 heavy (non-hydrogen) atoms. The van der Waals surface area contributed by atoms with Crippen molar-refractivity contribution >= 4 is 17.7 Å². The molecule has 0 aromatic carbocycles. The number of rotatable bonds is 5. The van der Waals surface area contributed by atoms with Gasteiger partial charge in [-0.25, -0.2) is 4.98 Å². The van der Waals surface area contributed by atoms with Crippen molar-refractivity contribution < 1.29 is 14.3 Å². The zero-order valence-corrected chi connectivity index (χ0v) is 10.4. The molecule has 6 heteroatoms. The molecular weight excluding hydrogens is 228 g/mol. The minimum absolute atomic E-state index is 0.0211. The third-order valence-corrected chi connectivity index (χ3v) is 3.51. The fraction of sp³-hybridized carbons (Fsp3) is 0.600. The van der Waals surface area contributed by atoms with Crippen molar-refractivity contribution in [3.63, 3.8) is 0 Å². The molecule has 0 fully saturated rings. The van der Waals surface area contributed by atoms with Crippen LogP contribution in [0.15, 0.2) is 10.8 Å². The van der Waals surface area contributed by atoms with Gasteiger partial charge in [0.1, 0.15) is 0 Å². The zero-order chi connectivity index (χ0) is 12.1. The first-order chi connectivity index (χ1) is 7.60. The smallest absolute Gasteiger partial charge is 0.289 e. The van der Waals surface area contributed by atoms with Gasteiger partial charge in [0.15, 0.2) is 6.39 Å². The van der Waals surface area contributed by atoms with Crippen LogP contribution >= 0.6 is 11.8 Å². The summed E-state index contributed by atoms with van der Waals surface area (Å²) >= 11 is 1.51. The lowest BCUT2D eigenvalue weighted by molar-refractivity contribution is 0.0907. The molecule has 1 aromatic rings. The van der Waals surface area contributed by atoms with Crippen molar-refractivity contribution in [1.82, 2.24) is 10.3 Å². The Balaban J connectivity index is 2.61. The third kappa shape index (κ3) is 2.99. The third-order valence-electron chi connectivity index (χ3n) is 2.35. The molecule has 1 rings (SSSR count). The van der Waals surface area contributed by atoms with E-state index >= 15 is 0 Å². The lowest BCUT2D eigenvalue weighted by Gasteiger charge is -2.20. The van der Waals surface area contributed by atoms with Gasteiger partial charge in [-0.1, -0.05) is 0 Å². The number of aromatic nitrogens is 1. The molecule has 2 unspecified atom stereocenters. The number of hydrogen-bond acceptors (Lipinski definition) is 5. The molecule has 0 bridgehead atoms. The lowest BCUT2D eigenvalue weighted by atomic mass is 10.2. The standard InChI is InChI=1S/C10H16N2O3S/c1-6(8(4-13)16-3)12-10(14)9-7(2)11-5-15-9/h5-6,8,13H,4H2,1-3H3,(H,12,14). The van der Waals surface area contributed by atoms with Gasteiger partial charge in [-0.15, -0.1) is 0 Å². The highest BCUT2D eigenvalue weighted by Gasteiger charge is 2.21. The number of nitrogens with one attached hydrogen (secondary N) is 1. The van der Waals surface area contributed by atoms with Crippen molar-refractivity contribution in [2.45, 2.75) is 25.1 Å². The first kappa shape index (κ1) is 13.1. The van der Waals surface area contributed by atoms with Gasteiger partial charge in [0.25, 0.3) is 5.91 Å². The summed E-state index contributed by atoms with van der Waals surface area (Å²) in [6.07, 6.45) is 3.14. The zero-order valence-electron chi connectivity index (χ0n) is 9.56. The Morgan fingerprint density at radius 3 is 2.88 bits per heavy atom. The summed E-state index contributed by atoms with van der Waals surface area (Å²) in [4.78, 5) is 15.6. The lowest BCUT2D eigenvalue weighted by Crippen LogP contribution is -2.41. The van der Waals surface area contributed by atoms with E-state index in [2.05, 4.69) is 10.3 Å². The number of aryl methyl sites for hydroxylation is 1. The van der Waals surface area contributed by atoms with Gasteiger partial charge in [0, 0.05) is 11.3 Å². The van der Waals surface area contributed by atoms with Gasteiger partial charge in [0.05, 0.1) is 12.3 Å². The molecule has 1 heterocycles. The second-order valence-corrected chi connectivity index (χ2v) is 4.56. The van der Waals surface area contributed by atoms with E-state index in [0.717, 1.165) is 0 Å². The fourth-order valence-electron chi connectivity index (χ4n) is 1.32. The highest BCUT2D eigenvalue weighted by molar-refractivity contribution is 7.99. The molecule has 0 saturated heterocycles. The molecule has 2 atom stereocenters. The average molecular weight is 244 g/mol. The molecule has 0 aliphatic carbocycles. The van der Waals surface area contributed by atoms with Gasteiger partial charge in [-0.2, -0.15) is 11.8 Å². The summed E-state index contributed by atoms with van der Waals surface area (Å²) in [5, 5.41) is 11.8. The molecule has 0 aliphatic heterocycles. The average Bonchev–Trinajstić information content (AvgIpc) is 2.66. The van der Waals surface area contributed by atoms with E-state index in [-0.39, 0.29) is 29.6 Å². The van der Waals surface area contributed by atoms with Gasteiger partial charge in [-0.05, 0) is 20.1 Å². The van der Waals surface area contributed by atoms with Crippen LogP contribution in [0.4, 0.5) is 0 Å². The number of aliphatic hydroxyl groups excluding tert-OH is 1. The van der Waals surface area contributed by atoms with Crippen molar-refractivity contribution in [3.8, 4) is 0 Å². The minimum atomic E-state index is -0.296. The van der Waals surface area contributed by atoms with E-state index in [1.54, 1.807) is 6.92 Å². The maximum Gasteiger partial charge on any atom is 0.289 e. The molecule has 0 aliphatic rings. The Labute approximate surface area is 98.6 Å². The second kappa shape index (κ2) is 5.91. The maximum atomic E-state index is 11.7. The Hall–Kier alpha value is -1.01. The van der Waals surface area contributed by atoms with Gasteiger partial charge >= 0.3 is 0 Å². The second-order valence-electron chi connectivity index (χ2n) is 3.49. The number of hydrogen-bond donors (Lipinski definition) is 2. The maximum absolute atomic E-state index is 11.7. The van der Waals surface area contributed by atoms with E-state index < -0.39 is 0 Å². The van der Waals surface area contributed by atoms with Crippen LogP contribution in [-0.4, -0.2) is 40.2 Å². The van der Waals surface area contributed by atoms with E-state index in [4.69, 9.17) is 9.52 Å². The number of amides is 1. The summed E-state index contributed by atoms with van der Waals surface area (Å²) in [6, 6.07) is -0.128. The molecule has 90 valence electrons. The molecule has 5 nitrogen and oxygen atoms in total. The minimum Gasteiger partial charge on any atom is -0.438 e. The van der Waals surface area contributed by atoms with Crippen molar-refractivity contribution in [2.24, 2.45) is 0 Å². The van der Waals surface area contributed by atoms with Crippen molar-refractivity contribution in [1.29, 1.82) is 0 Å². The van der Waals surface area contributed by atoms with Crippen molar-refractivity contribution in [3.05, 3.63) is 17.8 Å². The molecular formula is C10H16N2O3S. The largest absolute Gasteiger partial charge is 0.438 e. The first-order valence-electron chi connectivity index (χ1n) is 4.94. The van der Waals surface area contributed by atoms with Gasteiger partial charge < -0.3 is 14.8 Å². The summed E-state index contributed by atoms with van der Waals surface area (Å²) in [7, 11) is 0. The van der Waals surface area contributed by atoms with Crippen LogP contribution in [0, 0.1) is 6.92 Å². The number of carbonyl (C=O) groups is 1. The molecule has 0 spiro atoms. The number of oxazole rings is 1. The first-order valence-corrected chi connectivity index (χ1v) is 6.23. The van der Waals surface area contributed by atoms with Crippen LogP contribution in [-0.2, 0) is 0 Å². The van der Waals surface area contributed by atoms with E-state index in [0.29, 0.717) is 5.69 Å². The summed E-state index contributed by atoms with van der Waals surface area (Å²) < 4.78 is 4.98. The van der Waals surface area contributed by atoms with Gasteiger partial charge in [0.2, 0.25) is 5.76 Å². The Kier molecular flexibility index (Phi) is 4.82. The van der Waals surface area contributed by atoms with E-state index in [1.807, 2.05) is 13.2 Å². The number of thioether (sulfide) groups is 1. The van der Waals surface area contributed by atoms with E-state index in [9.17, 15) is 4.79 Å². The van der Waals surface area contributed by atoms with Crippen LogP contribution in [0.1, 0.15) is 23.2 Å². The highest BCUT2D eigenvalue weighted by atomic mass is 32.2.